The number of para-hydroxylation sites is 2. The highest BCUT2D eigenvalue weighted by Gasteiger charge is 2.33. The number of allylic oxidation sites excluding steroid dienone is 1. The van der Waals surface area contributed by atoms with Gasteiger partial charge in [0.15, 0.2) is 5.75 Å². The lowest BCUT2D eigenvalue weighted by Gasteiger charge is -2.16. The SMILES string of the molecule is CN1C(=C(C(=O)c2ccccc2)C(=O)c2ccccc2)Oc2ccccc21. The van der Waals surface area contributed by atoms with Crippen LogP contribution in [0.3, 0.4) is 0 Å². The molecule has 1 aliphatic heterocycles. The van der Waals surface area contributed by atoms with E-state index < -0.39 is 0 Å². The molecule has 0 unspecified atom stereocenters. The number of ketones is 2. The topological polar surface area (TPSA) is 46.6 Å². The number of Topliss-reactive ketones (excluding diaryl/α,β-unsaturated/α-hetero) is 2. The van der Waals surface area contributed by atoms with Gasteiger partial charge in [0.25, 0.3) is 0 Å². The van der Waals surface area contributed by atoms with Crippen molar-refractivity contribution >= 4 is 17.3 Å². The van der Waals surface area contributed by atoms with Crippen molar-refractivity contribution in [3.63, 3.8) is 0 Å². The van der Waals surface area contributed by atoms with Crippen molar-refractivity contribution in [2.45, 2.75) is 0 Å². The molecule has 4 rings (SSSR count). The highest BCUT2D eigenvalue weighted by molar-refractivity contribution is 6.31. The second kappa shape index (κ2) is 6.92. The summed E-state index contributed by atoms with van der Waals surface area (Å²) in [7, 11) is 1.79. The summed E-state index contributed by atoms with van der Waals surface area (Å²) < 4.78 is 5.93. The molecule has 0 saturated carbocycles. The van der Waals surface area contributed by atoms with Crippen LogP contribution in [0, 0.1) is 0 Å². The second-order valence-electron chi connectivity index (χ2n) is 6.20. The largest absolute Gasteiger partial charge is 0.438 e. The summed E-state index contributed by atoms with van der Waals surface area (Å²) in [5.74, 6) is 0.145. The predicted octanol–water partition coefficient (Wildman–Crippen LogP) is 4.49. The summed E-state index contributed by atoms with van der Waals surface area (Å²) in [4.78, 5) is 28.3. The van der Waals surface area contributed by atoms with Crippen molar-refractivity contribution in [2.75, 3.05) is 11.9 Å². The number of hydrogen-bond acceptors (Lipinski definition) is 4. The fourth-order valence-corrected chi connectivity index (χ4v) is 3.09. The fraction of sp³-hybridized carbons (Fsp3) is 0.0435. The molecule has 0 amide bonds. The van der Waals surface area contributed by atoms with Gasteiger partial charge >= 0.3 is 0 Å². The summed E-state index contributed by atoms with van der Waals surface area (Å²) in [5.41, 5.74) is 1.72. The second-order valence-corrected chi connectivity index (χ2v) is 6.20. The lowest BCUT2D eigenvalue weighted by Crippen LogP contribution is -2.24. The molecule has 4 nitrogen and oxygen atoms in total. The molecule has 0 atom stereocenters. The zero-order valence-electron chi connectivity index (χ0n) is 14.8. The molecule has 0 bridgehead atoms. The summed E-state index contributed by atoms with van der Waals surface area (Å²) in [6, 6.07) is 25.0. The highest BCUT2D eigenvalue weighted by atomic mass is 16.5. The van der Waals surface area contributed by atoms with Crippen molar-refractivity contribution in [1.82, 2.24) is 0 Å². The molecule has 1 heterocycles. The minimum absolute atomic E-state index is 0.0195. The van der Waals surface area contributed by atoms with Crippen molar-refractivity contribution in [3.05, 3.63) is 108 Å². The third kappa shape index (κ3) is 3.02. The van der Waals surface area contributed by atoms with Gasteiger partial charge in [0, 0.05) is 18.2 Å². The van der Waals surface area contributed by atoms with E-state index in [0.717, 1.165) is 5.69 Å². The Morgan fingerprint density at radius 2 is 1.19 bits per heavy atom. The number of fused-ring (bicyclic) bond motifs is 1. The molecule has 3 aromatic carbocycles. The molecule has 1 aliphatic rings. The summed E-state index contributed by atoms with van der Waals surface area (Å²) >= 11 is 0. The molecule has 0 fully saturated rings. The van der Waals surface area contributed by atoms with Crippen molar-refractivity contribution in [3.8, 4) is 5.75 Å². The Labute approximate surface area is 157 Å². The first-order valence-corrected chi connectivity index (χ1v) is 8.61. The van der Waals surface area contributed by atoms with Gasteiger partial charge in [-0.3, -0.25) is 9.59 Å². The first-order valence-electron chi connectivity index (χ1n) is 8.61. The Kier molecular flexibility index (Phi) is 4.30. The number of anilines is 1. The molecule has 132 valence electrons. The van der Waals surface area contributed by atoms with Crippen LogP contribution in [0.5, 0.6) is 5.75 Å². The van der Waals surface area contributed by atoms with E-state index in [-0.39, 0.29) is 23.0 Å². The smallest absolute Gasteiger partial charge is 0.215 e. The minimum Gasteiger partial charge on any atom is -0.438 e. The molecule has 3 aromatic rings. The van der Waals surface area contributed by atoms with Crippen LogP contribution in [-0.2, 0) is 0 Å². The molecular weight excluding hydrogens is 338 g/mol. The summed E-state index contributed by atoms with van der Waals surface area (Å²) in [6.07, 6.45) is 0. The number of carbonyl (C=O) groups is 2. The van der Waals surface area contributed by atoms with Crippen LogP contribution in [0.1, 0.15) is 20.7 Å². The van der Waals surface area contributed by atoms with Crippen molar-refractivity contribution in [2.24, 2.45) is 0 Å². The number of carbonyl (C=O) groups excluding carboxylic acids is 2. The van der Waals surface area contributed by atoms with Crippen LogP contribution < -0.4 is 9.64 Å². The molecule has 0 N–H and O–H groups in total. The number of rotatable bonds is 4. The average molecular weight is 355 g/mol. The number of benzene rings is 3. The molecular formula is C23H17NO3. The third-order valence-electron chi connectivity index (χ3n) is 4.48. The standard InChI is InChI=1S/C23H17NO3/c1-24-18-14-8-9-15-19(18)27-23(24)20(21(25)16-10-4-2-5-11-16)22(26)17-12-6-3-7-13-17/h2-15H,1H3. The Morgan fingerprint density at radius 3 is 1.70 bits per heavy atom. The Bertz CT molecular complexity index is 986. The molecule has 0 aromatic heterocycles. The lowest BCUT2D eigenvalue weighted by molar-refractivity contribution is 0.0955. The predicted molar refractivity (Wildman–Crippen MR) is 104 cm³/mol. The molecule has 0 radical (unpaired) electrons. The van der Waals surface area contributed by atoms with Gasteiger partial charge in [-0.1, -0.05) is 72.8 Å². The Balaban J connectivity index is 1.87. The number of nitrogens with zero attached hydrogens (tertiary/aromatic N) is 1. The lowest BCUT2D eigenvalue weighted by atomic mass is 9.95. The van der Waals surface area contributed by atoms with E-state index in [1.807, 2.05) is 36.4 Å². The molecule has 27 heavy (non-hydrogen) atoms. The van der Waals surface area contributed by atoms with E-state index in [1.165, 1.54) is 0 Å². The van der Waals surface area contributed by atoms with Crippen LogP contribution in [-0.4, -0.2) is 18.6 Å². The van der Waals surface area contributed by atoms with Crippen LogP contribution in [0.2, 0.25) is 0 Å². The monoisotopic (exact) mass is 355 g/mol. The molecule has 0 saturated heterocycles. The Morgan fingerprint density at radius 1 is 0.704 bits per heavy atom. The van der Waals surface area contributed by atoms with E-state index in [0.29, 0.717) is 16.9 Å². The van der Waals surface area contributed by atoms with Gasteiger partial charge in [-0.15, -0.1) is 0 Å². The third-order valence-corrected chi connectivity index (χ3v) is 4.48. The first kappa shape index (κ1) is 16.8. The normalized spacial score (nSPS) is 12.3. The van der Waals surface area contributed by atoms with Gasteiger partial charge in [-0.05, 0) is 12.1 Å². The van der Waals surface area contributed by atoms with E-state index in [4.69, 9.17) is 4.74 Å². The minimum atomic E-state index is -0.362. The van der Waals surface area contributed by atoms with Gasteiger partial charge in [-0.2, -0.15) is 0 Å². The van der Waals surface area contributed by atoms with E-state index in [9.17, 15) is 9.59 Å². The van der Waals surface area contributed by atoms with Gasteiger partial charge in [0.2, 0.25) is 17.4 Å². The maximum atomic E-state index is 13.3. The fourth-order valence-electron chi connectivity index (χ4n) is 3.09. The van der Waals surface area contributed by atoms with Gasteiger partial charge < -0.3 is 9.64 Å². The average Bonchev–Trinajstić information content (AvgIpc) is 3.06. The maximum Gasteiger partial charge on any atom is 0.215 e. The van der Waals surface area contributed by atoms with Crippen LogP contribution >= 0.6 is 0 Å². The van der Waals surface area contributed by atoms with Crippen molar-refractivity contribution in [1.29, 1.82) is 0 Å². The maximum absolute atomic E-state index is 13.3. The Hall–Kier alpha value is -3.66. The van der Waals surface area contributed by atoms with Gasteiger partial charge in [0.05, 0.1) is 5.69 Å². The van der Waals surface area contributed by atoms with Gasteiger partial charge in [0.1, 0.15) is 5.57 Å². The van der Waals surface area contributed by atoms with Gasteiger partial charge in [-0.25, -0.2) is 0 Å². The molecule has 4 heteroatoms. The van der Waals surface area contributed by atoms with E-state index >= 15 is 0 Å². The summed E-state index contributed by atoms with van der Waals surface area (Å²) in [6.45, 7) is 0. The van der Waals surface area contributed by atoms with Crippen LogP contribution in [0.15, 0.2) is 96.4 Å². The van der Waals surface area contributed by atoms with Crippen molar-refractivity contribution < 1.29 is 14.3 Å². The van der Waals surface area contributed by atoms with Crippen LogP contribution in [0.4, 0.5) is 5.69 Å². The quantitative estimate of drug-likeness (QED) is 0.299. The zero-order chi connectivity index (χ0) is 18.8. The number of ether oxygens (including phenoxy) is 1. The van der Waals surface area contributed by atoms with Crippen LogP contribution in [0.25, 0.3) is 0 Å². The molecule has 0 aliphatic carbocycles. The van der Waals surface area contributed by atoms with E-state index in [1.54, 1.807) is 60.5 Å². The summed E-state index contributed by atoms with van der Waals surface area (Å²) in [5, 5.41) is 0. The highest BCUT2D eigenvalue weighted by Crippen LogP contribution is 2.39. The van der Waals surface area contributed by atoms with E-state index in [2.05, 4.69) is 0 Å². The molecule has 0 spiro atoms. The zero-order valence-corrected chi connectivity index (χ0v) is 14.8. The first-order chi connectivity index (χ1) is 13.2. The number of hydrogen-bond donors (Lipinski definition) is 0.